The predicted molar refractivity (Wildman–Crippen MR) is 245 cm³/mol. The van der Waals surface area contributed by atoms with Gasteiger partial charge in [0.1, 0.15) is 6.61 Å². The zero-order valence-electron chi connectivity index (χ0n) is 36.6. The molecule has 0 heterocycles. The van der Waals surface area contributed by atoms with E-state index in [0.717, 1.165) is 60.1 Å². The Kier molecular flexibility index (Phi) is 17.8. The standard InChI is InChI=1S/C53H57N5O5/c1-60-49-30-28-45(35-51(49)62-34-32-43-21-11-5-12-22-43)46(27-26-42-19-9-4-10-20-42)37-57(33-16-15-23-41-17-7-3-8-18-41)53(58(39-54)40-55)56-47-29-31-50(61-2)52(36-47)63-38-48(59)44-24-13-6-14-25-44/h3-4,7-10,17-20,28-31,35-36,43-44,46H,5-6,11-14,16,21-22,24-25,32-34,37-38H2,1-2H3. The lowest BCUT2D eigenvalue weighted by Crippen LogP contribution is -2.42. The SMILES string of the molecule is COc1ccc(C(C#Cc2ccccc2)CN(CCC#Cc2ccccc2)C(=Nc2ccc(OC)c(OCC(=O)C3CCCCC3)c2)N(C#N)C#N)cc1OCCC1CCCCC1. The molecule has 0 amide bonds. The predicted octanol–water partition coefficient (Wildman–Crippen LogP) is 10.4. The van der Waals surface area contributed by atoms with Crippen molar-refractivity contribution in [2.75, 3.05) is 40.5 Å². The van der Waals surface area contributed by atoms with Gasteiger partial charge in [-0.2, -0.15) is 10.5 Å². The normalized spacial score (nSPS) is 14.6. The minimum atomic E-state index is -0.455. The van der Waals surface area contributed by atoms with Crippen molar-refractivity contribution in [3.63, 3.8) is 0 Å². The highest BCUT2D eigenvalue weighted by atomic mass is 16.5. The quantitative estimate of drug-likeness (QED) is 0.0357. The molecule has 6 rings (SSSR count). The molecule has 0 aliphatic heterocycles. The fourth-order valence-electron chi connectivity index (χ4n) is 8.16. The third kappa shape index (κ3) is 13.8. The topological polar surface area (TPSA) is 120 Å². The summed E-state index contributed by atoms with van der Waals surface area (Å²) in [6.07, 6.45) is 16.7. The van der Waals surface area contributed by atoms with Crippen molar-refractivity contribution in [2.24, 2.45) is 16.8 Å². The number of carbonyl (C=O) groups excluding carboxylic acids is 1. The molecule has 4 aromatic rings. The van der Waals surface area contributed by atoms with Gasteiger partial charge in [-0.15, -0.1) is 4.90 Å². The average molecular weight is 844 g/mol. The smallest absolute Gasteiger partial charge is 0.229 e. The molecule has 0 saturated heterocycles. The second kappa shape index (κ2) is 24.5. The number of guanidine groups is 1. The molecule has 2 fully saturated rings. The Morgan fingerprint density at radius 2 is 1.35 bits per heavy atom. The van der Waals surface area contributed by atoms with Gasteiger partial charge in [0.25, 0.3) is 0 Å². The number of aliphatic imine (C=N–C) groups is 1. The van der Waals surface area contributed by atoms with Gasteiger partial charge in [-0.25, -0.2) is 4.99 Å². The first kappa shape index (κ1) is 45.6. The molecule has 0 radical (unpaired) electrons. The summed E-state index contributed by atoms with van der Waals surface area (Å²) < 4.78 is 23.9. The maximum Gasteiger partial charge on any atom is 0.229 e. The molecule has 10 heteroatoms. The molecule has 2 saturated carbocycles. The lowest BCUT2D eigenvalue weighted by molar-refractivity contribution is -0.125. The van der Waals surface area contributed by atoms with Crippen molar-refractivity contribution in [3.8, 4) is 59.1 Å². The first-order chi connectivity index (χ1) is 31.0. The number of Topliss-reactive ketones (excluding diaryl/α,β-unsaturated/α-hetero) is 1. The number of nitriles is 2. The van der Waals surface area contributed by atoms with E-state index in [9.17, 15) is 15.3 Å². The third-order valence-electron chi connectivity index (χ3n) is 11.7. The number of benzene rings is 4. The van der Waals surface area contributed by atoms with Crippen LogP contribution in [0.25, 0.3) is 0 Å². The van der Waals surface area contributed by atoms with E-state index in [-0.39, 0.29) is 30.8 Å². The number of methoxy groups -OCH3 is 2. The second-order valence-corrected chi connectivity index (χ2v) is 16.0. The number of ketones is 1. The molecule has 324 valence electrons. The Hall–Kier alpha value is -6.88. The van der Waals surface area contributed by atoms with E-state index in [1.54, 1.807) is 25.3 Å². The lowest BCUT2D eigenvalue weighted by atomic mass is 9.86. The van der Waals surface area contributed by atoms with Crippen LogP contribution in [0.15, 0.2) is 102 Å². The fraction of sp³-hybridized carbons (Fsp3) is 0.396. The maximum absolute atomic E-state index is 13.1. The van der Waals surface area contributed by atoms with Crippen LogP contribution >= 0.6 is 0 Å². The number of ether oxygens (including phenoxy) is 4. The highest BCUT2D eigenvalue weighted by Gasteiger charge is 2.26. The largest absolute Gasteiger partial charge is 0.493 e. The van der Waals surface area contributed by atoms with E-state index in [4.69, 9.17) is 23.9 Å². The monoisotopic (exact) mass is 843 g/mol. The van der Waals surface area contributed by atoms with Crippen LogP contribution in [0.4, 0.5) is 5.69 Å². The summed E-state index contributed by atoms with van der Waals surface area (Å²) in [5, 5.41) is 20.8. The van der Waals surface area contributed by atoms with Crippen molar-refractivity contribution < 1.29 is 23.7 Å². The van der Waals surface area contributed by atoms with Gasteiger partial charge in [-0.3, -0.25) is 4.79 Å². The van der Waals surface area contributed by atoms with Crippen LogP contribution < -0.4 is 18.9 Å². The van der Waals surface area contributed by atoms with Gasteiger partial charge in [-0.05, 0) is 79.3 Å². The van der Waals surface area contributed by atoms with E-state index >= 15 is 0 Å². The molecular formula is C53H57N5O5. The zero-order chi connectivity index (χ0) is 44.1. The number of rotatable bonds is 16. The van der Waals surface area contributed by atoms with Gasteiger partial charge >= 0.3 is 0 Å². The van der Waals surface area contributed by atoms with Gasteiger partial charge in [-0.1, -0.05) is 118 Å². The summed E-state index contributed by atoms with van der Waals surface area (Å²) in [5.41, 5.74) is 2.99. The minimum Gasteiger partial charge on any atom is -0.493 e. The Labute approximate surface area is 373 Å². The molecule has 10 nitrogen and oxygen atoms in total. The van der Waals surface area contributed by atoms with Crippen LogP contribution in [0.3, 0.4) is 0 Å². The van der Waals surface area contributed by atoms with Crippen LogP contribution in [0, 0.1) is 58.4 Å². The first-order valence-electron chi connectivity index (χ1n) is 22.2. The van der Waals surface area contributed by atoms with Crippen molar-refractivity contribution >= 4 is 17.4 Å². The summed E-state index contributed by atoms with van der Waals surface area (Å²) in [6, 6.07) is 30.5. The second-order valence-electron chi connectivity index (χ2n) is 16.0. The Balaban J connectivity index is 1.37. The fourth-order valence-corrected chi connectivity index (χ4v) is 8.16. The molecule has 2 aliphatic carbocycles. The molecular weight excluding hydrogens is 787 g/mol. The molecule has 1 unspecified atom stereocenters. The molecule has 0 N–H and O–H groups in total. The van der Waals surface area contributed by atoms with Gasteiger partial charge in [0.2, 0.25) is 18.3 Å². The zero-order valence-corrected chi connectivity index (χ0v) is 36.6. The Morgan fingerprint density at radius 1 is 0.730 bits per heavy atom. The number of carbonyl (C=O) groups is 1. The maximum atomic E-state index is 13.1. The molecule has 0 spiro atoms. The highest BCUT2D eigenvalue weighted by Crippen LogP contribution is 2.35. The number of nitrogens with zero attached hydrogens (tertiary/aromatic N) is 5. The summed E-state index contributed by atoms with van der Waals surface area (Å²) in [6.45, 7) is 1.02. The van der Waals surface area contributed by atoms with E-state index in [2.05, 4.69) is 23.7 Å². The first-order valence-corrected chi connectivity index (χ1v) is 22.2. The summed E-state index contributed by atoms with van der Waals surface area (Å²) in [5.74, 6) is 15.8. The Bertz CT molecular complexity index is 2320. The van der Waals surface area contributed by atoms with Crippen LogP contribution in [-0.2, 0) is 4.79 Å². The average Bonchev–Trinajstić information content (AvgIpc) is 3.34. The summed E-state index contributed by atoms with van der Waals surface area (Å²) >= 11 is 0. The number of hydrogen-bond acceptors (Lipinski definition) is 8. The molecule has 2 aliphatic rings. The molecule has 63 heavy (non-hydrogen) atoms. The molecule has 4 aromatic carbocycles. The lowest BCUT2D eigenvalue weighted by Gasteiger charge is -2.29. The van der Waals surface area contributed by atoms with E-state index in [0.29, 0.717) is 54.2 Å². The third-order valence-corrected chi connectivity index (χ3v) is 11.7. The van der Waals surface area contributed by atoms with Crippen molar-refractivity contribution in [3.05, 3.63) is 114 Å². The van der Waals surface area contributed by atoms with E-state index < -0.39 is 5.92 Å². The van der Waals surface area contributed by atoms with Gasteiger partial charge in [0.05, 0.1) is 32.4 Å². The Morgan fingerprint density at radius 3 is 2.00 bits per heavy atom. The van der Waals surface area contributed by atoms with Crippen molar-refractivity contribution in [1.29, 1.82) is 10.5 Å². The van der Waals surface area contributed by atoms with Crippen LogP contribution in [0.1, 0.15) is 99.7 Å². The van der Waals surface area contributed by atoms with E-state index in [1.165, 1.54) is 39.2 Å². The van der Waals surface area contributed by atoms with Gasteiger partial charge in [0, 0.05) is 42.6 Å². The molecule has 0 aromatic heterocycles. The van der Waals surface area contributed by atoms with E-state index in [1.807, 2.05) is 96.1 Å². The van der Waals surface area contributed by atoms with Crippen LogP contribution in [0.2, 0.25) is 0 Å². The van der Waals surface area contributed by atoms with Crippen LogP contribution in [0.5, 0.6) is 23.0 Å². The highest BCUT2D eigenvalue weighted by molar-refractivity contribution is 5.86. The van der Waals surface area contributed by atoms with Crippen molar-refractivity contribution in [1.82, 2.24) is 9.80 Å². The molecule has 0 bridgehead atoms. The van der Waals surface area contributed by atoms with Gasteiger partial charge < -0.3 is 23.8 Å². The minimum absolute atomic E-state index is 0.0104. The van der Waals surface area contributed by atoms with Crippen molar-refractivity contribution in [2.45, 2.75) is 83.0 Å². The van der Waals surface area contributed by atoms with Crippen LogP contribution in [-0.4, -0.2) is 62.1 Å². The number of hydrogen-bond donors (Lipinski definition) is 0. The molecule has 1 atom stereocenters. The summed E-state index contributed by atoms with van der Waals surface area (Å²) in [7, 11) is 3.17. The summed E-state index contributed by atoms with van der Waals surface area (Å²) in [4.78, 5) is 20.8. The van der Waals surface area contributed by atoms with Gasteiger partial charge in [0.15, 0.2) is 28.8 Å².